The Labute approximate surface area is 71.6 Å². The van der Waals surface area contributed by atoms with E-state index in [4.69, 9.17) is 0 Å². The van der Waals surface area contributed by atoms with Crippen LogP contribution in [0.25, 0.3) is 0 Å². The van der Waals surface area contributed by atoms with Crippen molar-refractivity contribution < 1.29 is 4.79 Å². The predicted octanol–water partition coefficient (Wildman–Crippen LogP) is 0.904. The molecule has 0 saturated heterocycles. The zero-order chi connectivity index (χ0) is 8.81. The molecule has 1 heterocycles. The second-order valence-electron chi connectivity index (χ2n) is 2.53. The fourth-order valence-electron chi connectivity index (χ4n) is 1.05. The second-order valence-corrected chi connectivity index (χ2v) is 2.53. The third kappa shape index (κ3) is 2.08. The van der Waals surface area contributed by atoms with Crippen LogP contribution in [0.3, 0.4) is 0 Å². The molecule has 1 aromatic rings. The van der Waals surface area contributed by atoms with Gasteiger partial charge in [0.25, 0.3) is 0 Å². The van der Waals surface area contributed by atoms with Crippen molar-refractivity contribution in [3.63, 3.8) is 0 Å². The minimum atomic E-state index is 0.612. The van der Waals surface area contributed by atoms with Gasteiger partial charge in [0.15, 0.2) is 0 Å². The van der Waals surface area contributed by atoms with E-state index in [1.165, 1.54) is 0 Å². The molecular weight excluding hydrogens is 154 g/mol. The van der Waals surface area contributed by atoms with E-state index in [0.717, 1.165) is 25.1 Å². The third-order valence-corrected chi connectivity index (χ3v) is 1.69. The van der Waals surface area contributed by atoms with Crippen molar-refractivity contribution >= 4 is 12.1 Å². The lowest BCUT2D eigenvalue weighted by molar-refractivity contribution is -0.107. The van der Waals surface area contributed by atoms with Crippen molar-refractivity contribution in [1.82, 2.24) is 9.55 Å². The van der Waals surface area contributed by atoms with Gasteiger partial charge in [0.05, 0.1) is 12.5 Å². The molecule has 4 nitrogen and oxygen atoms in total. The summed E-state index contributed by atoms with van der Waals surface area (Å²) >= 11 is 0. The summed E-state index contributed by atoms with van der Waals surface area (Å²) in [5.41, 5.74) is 0. The van der Waals surface area contributed by atoms with E-state index in [1.807, 2.05) is 11.6 Å². The average Bonchev–Trinajstić information content (AvgIpc) is 2.52. The maximum Gasteiger partial charge on any atom is 0.125 e. The van der Waals surface area contributed by atoms with Crippen LogP contribution in [0, 0.1) is 0 Å². The molecule has 1 N–H and O–H groups in total. The Hall–Kier alpha value is -1.32. The topological polar surface area (TPSA) is 46.9 Å². The lowest BCUT2D eigenvalue weighted by atomic mass is 10.3. The van der Waals surface area contributed by atoms with Crippen LogP contribution in [0.15, 0.2) is 12.5 Å². The first-order valence-corrected chi connectivity index (χ1v) is 4.00. The fraction of sp³-hybridized carbons (Fsp3) is 0.500. The number of unbranched alkanes of at least 4 members (excludes halogenated alkanes) is 1. The maximum absolute atomic E-state index is 10.0. The van der Waals surface area contributed by atoms with Gasteiger partial charge in [0.2, 0.25) is 0 Å². The van der Waals surface area contributed by atoms with E-state index in [2.05, 4.69) is 10.3 Å². The highest BCUT2D eigenvalue weighted by Gasteiger charge is 1.97. The number of anilines is 1. The standard InChI is InChI=1S/C8H13N3O/c1-9-8-6-10-7-11(8)4-2-3-5-12/h5-7,9H,2-4H2,1H3. The largest absolute Gasteiger partial charge is 0.373 e. The molecule has 0 bridgehead atoms. The molecule has 0 saturated carbocycles. The first-order valence-electron chi connectivity index (χ1n) is 4.00. The SMILES string of the molecule is CNc1cncn1CCCC=O. The van der Waals surface area contributed by atoms with Crippen molar-refractivity contribution in [2.45, 2.75) is 19.4 Å². The van der Waals surface area contributed by atoms with Gasteiger partial charge in [-0.2, -0.15) is 0 Å². The molecular formula is C8H13N3O. The number of imidazole rings is 1. The van der Waals surface area contributed by atoms with Gasteiger partial charge in [-0.25, -0.2) is 4.98 Å². The second kappa shape index (κ2) is 4.54. The maximum atomic E-state index is 10.0. The predicted molar refractivity (Wildman–Crippen MR) is 47.1 cm³/mol. The first kappa shape index (κ1) is 8.77. The number of nitrogens with zero attached hydrogens (tertiary/aromatic N) is 2. The van der Waals surface area contributed by atoms with Gasteiger partial charge in [-0.1, -0.05) is 0 Å². The number of aryl methyl sites for hydroxylation is 1. The van der Waals surface area contributed by atoms with Crippen LogP contribution in [-0.2, 0) is 11.3 Å². The minimum Gasteiger partial charge on any atom is -0.373 e. The van der Waals surface area contributed by atoms with Crippen molar-refractivity contribution in [1.29, 1.82) is 0 Å². The van der Waals surface area contributed by atoms with E-state index < -0.39 is 0 Å². The number of aldehydes is 1. The van der Waals surface area contributed by atoms with Crippen molar-refractivity contribution in [3.8, 4) is 0 Å². The first-order chi connectivity index (χ1) is 5.88. The molecule has 0 aliphatic heterocycles. The molecule has 66 valence electrons. The summed E-state index contributed by atoms with van der Waals surface area (Å²) < 4.78 is 1.99. The average molecular weight is 167 g/mol. The van der Waals surface area contributed by atoms with E-state index in [1.54, 1.807) is 12.5 Å². The molecule has 1 rings (SSSR count). The molecule has 0 radical (unpaired) electrons. The minimum absolute atomic E-state index is 0.612. The van der Waals surface area contributed by atoms with Crippen LogP contribution in [0.1, 0.15) is 12.8 Å². The van der Waals surface area contributed by atoms with Gasteiger partial charge < -0.3 is 14.7 Å². The lowest BCUT2D eigenvalue weighted by Crippen LogP contribution is -2.01. The van der Waals surface area contributed by atoms with Gasteiger partial charge in [-0.3, -0.25) is 0 Å². The van der Waals surface area contributed by atoms with Gasteiger partial charge in [0.1, 0.15) is 12.1 Å². The quantitative estimate of drug-likeness (QED) is 0.523. The Morgan fingerprint density at radius 1 is 1.75 bits per heavy atom. The smallest absolute Gasteiger partial charge is 0.125 e. The Kier molecular flexibility index (Phi) is 3.32. The zero-order valence-corrected chi connectivity index (χ0v) is 7.16. The summed E-state index contributed by atoms with van der Waals surface area (Å²) in [6.07, 6.45) is 5.95. The van der Waals surface area contributed by atoms with Gasteiger partial charge >= 0.3 is 0 Å². The number of nitrogens with one attached hydrogen (secondary N) is 1. The summed E-state index contributed by atoms with van der Waals surface area (Å²) in [5, 5.41) is 3.01. The molecule has 1 aromatic heterocycles. The van der Waals surface area contributed by atoms with Crippen LogP contribution < -0.4 is 5.32 Å². The highest BCUT2D eigenvalue weighted by molar-refractivity contribution is 5.49. The third-order valence-electron chi connectivity index (χ3n) is 1.69. The molecule has 0 aliphatic rings. The summed E-state index contributed by atoms with van der Waals surface area (Å²) in [6, 6.07) is 0. The lowest BCUT2D eigenvalue weighted by Gasteiger charge is -2.04. The van der Waals surface area contributed by atoms with Gasteiger partial charge in [-0.05, 0) is 6.42 Å². The molecule has 0 fully saturated rings. The van der Waals surface area contributed by atoms with E-state index in [0.29, 0.717) is 6.42 Å². The number of rotatable bonds is 5. The van der Waals surface area contributed by atoms with E-state index in [9.17, 15) is 4.79 Å². The molecule has 0 amide bonds. The molecule has 4 heteroatoms. The van der Waals surface area contributed by atoms with Crippen LogP contribution in [-0.4, -0.2) is 22.9 Å². The Balaban J connectivity index is 2.44. The zero-order valence-electron chi connectivity index (χ0n) is 7.16. The summed E-state index contributed by atoms with van der Waals surface area (Å²) in [6.45, 7) is 0.842. The van der Waals surface area contributed by atoms with Gasteiger partial charge in [0, 0.05) is 20.0 Å². The van der Waals surface area contributed by atoms with Crippen molar-refractivity contribution in [2.75, 3.05) is 12.4 Å². The number of hydrogen-bond acceptors (Lipinski definition) is 3. The van der Waals surface area contributed by atoms with Gasteiger partial charge in [-0.15, -0.1) is 0 Å². The molecule has 0 aliphatic carbocycles. The van der Waals surface area contributed by atoms with E-state index in [-0.39, 0.29) is 0 Å². The van der Waals surface area contributed by atoms with Crippen LogP contribution in [0.5, 0.6) is 0 Å². The van der Waals surface area contributed by atoms with E-state index >= 15 is 0 Å². The monoisotopic (exact) mass is 167 g/mol. The molecule has 0 aromatic carbocycles. The number of aromatic nitrogens is 2. The van der Waals surface area contributed by atoms with Crippen LogP contribution >= 0.6 is 0 Å². The highest BCUT2D eigenvalue weighted by Crippen LogP contribution is 2.05. The highest BCUT2D eigenvalue weighted by atomic mass is 16.1. The Bertz CT molecular complexity index is 244. The normalized spacial score (nSPS) is 9.75. The molecule has 12 heavy (non-hydrogen) atoms. The fourth-order valence-corrected chi connectivity index (χ4v) is 1.05. The Morgan fingerprint density at radius 2 is 2.58 bits per heavy atom. The molecule has 0 atom stereocenters. The van der Waals surface area contributed by atoms with Crippen LogP contribution in [0.4, 0.5) is 5.82 Å². The molecule has 0 spiro atoms. The summed E-state index contributed by atoms with van der Waals surface area (Å²) in [7, 11) is 1.85. The summed E-state index contributed by atoms with van der Waals surface area (Å²) in [5.74, 6) is 0.987. The van der Waals surface area contributed by atoms with Crippen molar-refractivity contribution in [2.24, 2.45) is 0 Å². The number of carbonyl (C=O) groups excluding carboxylic acids is 1. The number of hydrogen-bond donors (Lipinski definition) is 1. The Morgan fingerprint density at radius 3 is 3.25 bits per heavy atom. The number of carbonyl (C=O) groups is 1. The summed E-state index contributed by atoms with van der Waals surface area (Å²) in [4.78, 5) is 14.0. The molecule has 0 unspecified atom stereocenters. The van der Waals surface area contributed by atoms with Crippen LogP contribution in [0.2, 0.25) is 0 Å². The van der Waals surface area contributed by atoms with Crippen molar-refractivity contribution in [3.05, 3.63) is 12.5 Å².